The van der Waals surface area contributed by atoms with Gasteiger partial charge in [-0.15, -0.1) is 0 Å². The second kappa shape index (κ2) is 9.45. The number of rotatable bonds is 7. The first-order valence-corrected chi connectivity index (χ1v) is 9.50. The Morgan fingerprint density at radius 2 is 2.17 bits per heavy atom. The molecule has 2 aromatic heterocycles. The zero-order valence-electron chi connectivity index (χ0n) is 16.6. The molecular weight excluding hydrogens is 364 g/mol. The Morgan fingerprint density at radius 1 is 1.31 bits per heavy atom. The summed E-state index contributed by atoms with van der Waals surface area (Å²) in [6, 6.07) is 7.55. The number of nitrogens with one attached hydrogen (secondary N) is 3. The van der Waals surface area contributed by atoms with E-state index < -0.39 is 0 Å². The molecule has 0 spiro atoms. The van der Waals surface area contributed by atoms with Crippen LogP contribution in [-0.2, 0) is 0 Å². The highest BCUT2D eigenvalue weighted by molar-refractivity contribution is 6.16. The minimum absolute atomic E-state index is 0.316. The van der Waals surface area contributed by atoms with Crippen LogP contribution in [0.25, 0.3) is 22.2 Å². The number of aliphatic imine (C=N–C) groups is 1. The van der Waals surface area contributed by atoms with E-state index in [1.165, 1.54) is 0 Å². The van der Waals surface area contributed by atoms with Crippen molar-refractivity contribution in [1.82, 2.24) is 20.3 Å². The number of allylic oxidation sites excluding steroid dienone is 2. The van der Waals surface area contributed by atoms with Crippen molar-refractivity contribution < 1.29 is 4.79 Å². The average Bonchev–Trinajstić information content (AvgIpc) is 3.14. The number of imidazole rings is 1. The van der Waals surface area contributed by atoms with Crippen LogP contribution in [0.4, 0.5) is 10.7 Å². The summed E-state index contributed by atoms with van der Waals surface area (Å²) in [5.74, 6) is 0.364. The first-order chi connectivity index (χ1) is 14.2. The number of nitrogens with zero attached hydrogens (tertiary/aromatic N) is 3. The molecule has 2 heterocycles. The molecular formula is C22H24N6O. The molecule has 0 radical (unpaired) electrons. The lowest BCUT2D eigenvalue weighted by molar-refractivity contribution is 0.252. The Bertz CT molecular complexity index is 1070. The van der Waals surface area contributed by atoms with Crippen LogP contribution >= 0.6 is 0 Å². The van der Waals surface area contributed by atoms with Crippen LogP contribution < -0.4 is 10.6 Å². The van der Waals surface area contributed by atoms with Crippen LogP contribution in [0.1, 0.15) is 25.8 Å². The van der Waals surface area contributed by atoms with Gasteiger partial charge in [0, 0.05) is 36.3 Å². The number of pyridine rings is 1. The van der Waals surface area contributed by atoms with E-state index in [2.05, 4.69) is 37.2 Å². The van der Waals surface area contributed by atoms with Crippen molar-refractivity contribution >= 4 is 28.7 Å². The summed E-state index contributed by atoms with van der Waals surface area (Å²) < 4.78 is 0. The van der Waals surface area contributed by atoms with E-state index in [9.17, 15) is 4.79 Å². The fourth-order valence-corrected chi connectivity index (χ4v) is 2.86. The summed E-state index contributed by atoms with van der Waals surface area (Å²) in [5.41, 5.74) is 4.92. The third kappa shape index (κ3) is 4.76. The quantitative estimate of drug-likeness (QED) is 0.514. The third-order valence-electron chi connectivity index (χ3n) is 4.17. The van der Waals surface area contributed by atoms with Crippen LogP contribution in [0, 0.1) is 0 Å². The van der Waals surface area contributed by atoms with Crippen molar-refractivity contribution in [2.75, 3.05) is 11.9 Å². The molecule has 2 amide bonds. The highest BCUT2D eigenvalue weighted by Crippen LogP contribution is 2.28. The number of benzene rings is 1. The van der Waals surface area contributed by atoms with Gasteiger partial charge in [0.1, 0.15) is 0 Å². The number of fused-ring (bicyclic) bond motifs is 1. The number of anilines is 1. The van der Waals surface area contributed by atoms with E-state index in [4.69, 9.17) is 0 Å². The monoisotopic (exact) mass is 388 g/mol. The highest BCUT2D eigenvalue weighted by Gasteiger charge is 2.15. The van der Waals surface area contributed by atoms with E-state index in [-0.39, 0.29) is 6.03 Å². The minimum atomic E-state index is -0.316. The molecule has 7 heteroatoms. The molecule has 0 saturated heterocycles. The lowest BCUT2D eigenvalue weighted by Crippen LogP contribution is -2.28. The first-order valence-electron chi connectivity index (χ1n) is 9.50. The number of hydrogen-bond acceptors (Lipinski definition) is 4. The van der Waals surface area contributed by atoms with Crippen molar-refractivity contribution in [3.8, 4) is 11.1 Å². The van der Waals surface area contributed by atoms with E-state index in [1.54, 1.807) is 24.7 Å². The van der Waals surface area contributed by atoms with Gasteiger partial charge in [0.15, 0.2) is 0 Å². The molecule has 7 nitrogen and oxygen atoms in total. The maximum Gasteiger partial charge on any atom is 0.321 e. The zero-order chi connectivity index (χ0) is 20.6. The Balaban J connectivity index is 2.15. The Morgan fingerprint density at radius 3 is 2.86 bits per heavy atom. The fourth-order valence-electron chi connectivity index (χ4n) is 2.86. The van der Waals surface area contributed by atoms with Gasteiger partial charge in [0.05, 0.1) is 16.7 Å². The summed E-state index contributed by atoms with van der Waals surface area (Å²) >= 11 is 0. The number of H-pyrrole nitrogens is 1. The number of amides is 2. The van der Waals surface area contributed by atoms with E-state index >= 15 is 0 Å². The van der Waals surface area contributed by atoms with Gasteiger partial charge in [-0.3, -0.25) is 15.3 Å². The molecule has 148 valence electrons. The Kier molecular flexibility index (Phi) is 6.52. The summed E-state index contributed by atoms with van der Waals surface area (Å²) in [6.07, 6.45) is 9.87. The van der Waals surface area contributed by atoms with E-state index in [1.807, 2.05) is 44.2 Å². The number of aromatic amines is 1. The van der Waals surface area contributed by atoms with Gasteiger partial charge >= 0.3 is 6.03 Å². The number of urea groups is 1. The smallest absolute Gasteiger partial charge is 0.321 e. The summed E-state index contributed by atoms with van der Waals surface area (Å²) in [6.45, 7) is 8.34. The second-order valence-corrected chi connectivity index (χ2v) is 6.24. The van der Waals surface area contributed by atoms with Gasteiger partial charge in [0.25, 0.3) is 0 Å². The van der Waals surface area contributed by atoms with Crippen molar-refractivity contribution in [2.24, 2.45) is 4.99 Å². The molecule has 3 N–H and O–H groups in total. The van der Waals surface area contributed by atoms with Gasteiger partial charge in [-0.2, -0.15) is 0 Å². The number of carbonyl (C=O) groups is 1. The molecule has 0 fully saturated rings. The van der Waals surface area contributed by atoms with Crippen LogP contribution in [0.3, 0.4) is 0 Å². The van der Waals surface area contributed by atoms with Crippen molar-refractivity contribution in [2.45, 2.75) is 20.3 Å². The molecule has 0 aliphatic carbocycles. The minimum Gasteiger partial charge on any atom is -0.338 e. The normalized spacial score (nSPS) is 11.7. The predicted molar refractivity (Wildman–Crippen MR) is 118 cm³/mol. The van der Waals surface area contributed by atoms with Crippen molar-refractivity contribution in [3.05, 3.63) is 67.2 Å². The molecule has 0 unspecified atom stereocenters. The molecule has 3 aromatic rings. The first kappa shape index (κ1) is 20.0. The molecule has 29 heavy (non-hydrogen) atoms. The fraction of sp³-hybridized carbons (Fsp3) is 0.182. The Hall–Kier alpha value is -3.74. The zero-order valence-corrected chi connectivity index (χ0v) is 16.6. The van der Waals surface area contributed by atoms with Crippen molar-refractivity contribution in [1.29, 1.82) is 0 Å². The highest BCUT2D eigenvalue weighted by atomic mass is 16.2. The predicted octanol–water partition coefficient (Wildman–Crippen LogP) is 4.67. The van der Waals surface area contributed by atoms with Crippen LogP contribution in [0.2, 0.25) is 0 Å². The van der Waals surface area contributed by atoms with Gasteiger partial charge in [-0.05, 0) is 43.2 Å². The molecule has 1 aromatic carbocycles. The van der Waals surface area contributed by atoms with Crippen LogP contribution in [0.5, 0.6) is 0 Å². The van der Waals surface area contributed by atoms with Gasteiger partial charge < -0.3 is 10.3 Å². The molecule has 3 rings (SSSR count). The topological polar surface area (TPSA) is 95.1 Å². The van der Waals surface area contributed by atoms with Crippen LogP contribution in [0.15, 0.2) is 66.6 Å². The lowest BCUT2D eigenvalue weighted by atomic mass is 10.00. The number of hydrogen-bond donors (Lipinski definition) is 3. The summed E-state index contributed by atoms with van der Waals surface area (Å²) in [4.78, 5) is 28.4. The summed E-state index contributed by atoms with van der Waals surface area (Å²) in [7, 11) is 0. The van der Waals surface area contributed by atoms with E-state index in [0.717, 1.165) is 28.6 Å². The van der Waals surface area contributed by atoms with E-state index in [0.29, 0.717) is 23.7 Å². The maximum absolute atomic E-state index is 11.9. The molecule has 0 bridgehead atoms. The maximum atomic E-state index is 11.9. The van der Waals surface area contributed by atoms with Gasteiger partial charge in [-0.1, -0.05) is 25.6 Å². The lowest BCUT2D eigenvalue weighted by Gasteiger charge is -2.07. The molecule has 0 atom stereocenters. The molecule has 0 aliphatic rings. The van der Waals surface area contributed by atoms with Crippen LogP contribution in [-0.4, -0.2) is 33.2 Å². The summed E-state index contributed by atoms with van der Waals surface area (Å²) in [5, 5.41) is 5.41. The number of aromatic nitrogens is 3. The average molecular weight is 388 g/mol. The Labute approximate surface area is 169 Å². The largest absolute Gasteiger partial charge is 0.338 e. The van der Waals surface area contributed by atoms with Crippen molar-refractivity contribution in [3.63, 3.8) is 0 Å². The SMILES string of the molecule is C=CC(=N/C=C\CC)c1cc(-c2cccnc2)cc2[nH]c(NC(=O)NCC)nc12. The standard InChI is InChI=1S/C22H24N6O/c1-4-7-11-25-18(5-2)17-12-16(15-9-8-10-23-14-15)13-19-20(17)27-21(26-19)28-22(29)24-6-3/h5,7-14H,2,4,6H2,1,3H3,(H3,24,26,27,28,29)/b11-7-,25-18?. The van der Waals surface area contributed by atoms with Gasteiger partial charge in [-0.25, -0.2) is 9.78 Å². The molecule has 0 saturated carbocycles. The molecule has 0 aliphatic heterocycles. The third-order valence-corrected chi connectivity index (χ3v) is 4.17. The second-order valence-electron chi connectivity index (χ2n) is 6.24. The van der Waals surface area contributed by atoms with Gasteiger partial charge in [0.2, 0.25) is 5.95 Å². The number of carbonyl (C=O) groups excluding carboxylic acids is 1.